The molecule has 0 bridgehead atoms. The fourth-order valence-electron chi connectivity index (χ4n) is 3.21. The van der Waals surface area contributed by atoms with Gasteiger partial charge in [0.2, 0.25) is 5.91 Å². The van der Waals surface area contributed by atoms with Gasteiger partial charge in [-0.1, -0.05) is 49.2 Å². The number of allylic oxidation sites excluding steroid dienone is 1. The van der Waals surface area contributed by atoms with Crippen molar-refractivity contribution in [3.05, 3.63) is 64.8 Å². The summed E-state index contributed by atoms with van der Waals surface area (Å²) in [6.45, 7) is 3.98. The number of nitrogens with zero attached hydrogens (tertiary/aromatic N) is 1. The highest BCUT2D eigenvalue weighted by Crippen LogP contribution is 2.60. The van der Waals surface area contributed by atoms with Gasteiger partial charge in [0.1, 0.15) is 10.3 Å². The van der Waals surface area contributed by atoms with Gasteiger partial charge in [-0.15, -0.1) is 0 Å². The minimum atomic E-state index is -0.300. The first-order valence-corrected chi connectivity index (χ1v) is 9.21. The predicted molar refractivity (Wildman–Crippen MR) is 108 cm³/mol. The molecule has 0 aliphatic heterocycles. The van der Waals surface area contributed by atoms with E-state index in [0.717, 1.165) is 0 Å². The number of pyridine rings is 1. The largest absolute Gasteiger partial charge is 0.326 e. The molecule has 5 nitrogen and oxygen atoms in total. The van der Waals surface area contributed by atoms with Crippen LogP contribution in [0.2, 0.25) is 0 Å². The lowest BCUT2D eigenvalue weighted by Gasteiger charge is -2.09. The number of halogens is 2. The molecule has 2 atom stereocenters. The second kappa shape index (κ2) is 7.71. The van der Waals surface area contributed by atoms with Crippen LogP contribution in [0.5, 0.6) is 0 Å². The second-order valence-electron chi connectivity index (χ2n) is 7.02. The second-order valence-corrected chi connectivity index (χ2v) is 8.03. The molecule has 1 aromatic heterocycles. The fourth-order valence-corrected chi connectivity index (χ4v) is 3.48. The van der Waals surface area contributed by atoms with E-state index in [2.05, 4.69) is 15.6 Å². The molecule has 1 aromatic carbocycles. The molecule has 2 amide bonds. The van der Waals surface area contributed by atoms with Crippen molar-refractivity contribution in [3.63, 3.8) is 0 Å². The van der Waals surface area contributed by atoms with Crippen LogP contribution in [0.15, 0.2) is 59.2 Å². The van der Waals surface area contributed by atoms with Gasteiger partial charge in [0, 0.05) is 17.4 Å². The minimum Gasteiger partial charge on any atom is -0.326 e. The Morgan fingerprint density at radius 2 is 1.89 bits per heavy atom. The average molecular weight is 404 g/mol. The van der Waals surface area contributed by atoms with Crippen LogP contribution in [0.25, 0.3) is 0 Å². The summed E-state index contributed by atoms with van der Waals surface area (Å²) in [5.41, 5.74) is 0.761. The summed E-state index contributed by atoms with van der Waals surface area (Å²) in [5, 5.41) is 5.59. The zero-order valence-corrected chi connectivity index (χ0v) is 16.4. The number of amides is 2. The van der Waals surface area contributed by atoms with Crippen LogP contribution in [0.4, 0.5) is 11.5 Å². The molecule has 1 aliphatic carbocycles. The summed E-state index contributed by atoms with van der Waals surface area (Å²) >= 11 is 11.5. The Morgan fingerprint density at radius 3 is 2.56 bits per heavy atom. The molecule has 1 heterocycles. The van der Waals surface area contributed by atoms with E-state index >= 15 is 0 Å². The quantitative estimate of drug-likeness (QED) is 0.748. The Kier molecular flexibility index (Phi) is 5.53. The maximum absolute atomic E-state index is 12.6. The lowest BCUT2D eigenvalue weighted by atomic mass is 10.1. The predicted octanol–water partition coefficient (Wildman–Crippen LogP) is 4.86. The lowest BCUT2D eigenvalue weighted by Crippen LogP contribution is -2.18. The van der Waals surface area contributed by atoms with E-state index in [4.69, 9.17) is 23.2 Å². The Hall–Kier alpha value is -2.37. The van der Waals surface area contributed by atoms with Gasteiger partial charge in [0.15, 0.2) is 0 Å². The van der Waals surface area contributed by atoms with E-state index in [1.54, 1.807) is 54.7 Å². The van der Waals surface area contributed by atoms with Gasteiger partial charge < -0.3 is 10.6 Å². The summed E-state index contributed by atoms with van der Waals surface area (Å²) in [7, 11) is 0. The van der Waals surface area contributed by atoms with Crippen molar-refractivity contribution >= 4 is 46.5 Å². The monoisotopic (exact) mass is 403 g/mol. The molecule has 2 unspecified atom stereocenters. The number of nitrogens with one attached hydrogen (secondary N) is 2. The molecule has 1 aliphatic rings. The van der Waals surface area contributed by atoms with Gasteiger partial charge in [-0.05, 0) is 47.7 Å². The van der Waals surface area contributed by atoms with Crippen molar-refractivity contribution in [2.24, 2.45) is 17.3 Å². The van der Waals surface area contributed by atoms with Gasteiger partial charge in [0.05, 0.1) is 5.92 Å². The van der Waals surface area contributed by atoms with Crippen LogP contribution in [0, 0.1) is 17.3 Å². The SMILES string of the molecule is CC1(C)C(C=C(Cl)Cl)C1C(=O)Nc1cccc(C(=O)Nc2ccccn2)c1. The standard InChI is InChI=1S/C20H19Cl2N3O2/c1-20(2)14(11-15(21)22)17(20)19(27)24-13-7-5-6-12(10-13)18(26)25-16-8-3-4-9-23-16/h3-11,14,17H,1-2H3,(H,24,27)(H,23,25,26). The average Bonchev–Trinajstić information content (AvgIpc) is 3.15. The van der Waals surface area contributed by atoms with Crippen LogP contribution >= 0.6 is 23.2 Å². The number of benzene rings is 1. The van der Waals surface area contributed by atoms with Crippen molar-refractivity contribution in [3.8, 4) is 0 Å². The number of aromatic nitrogens is 1. The number of hydrogen-bond donors (Lipinski definition) is 2. The van der Waals surface area contributed by atoms with Gasteiger partial charge in [-0.3, -0.25) is 9.59 Å². The summed E-state index contributed by atoms with van der Waals surface area (Å²) in [6, 6.07) is 12.0. The Labute approximate surface area is 167 Å². The molecular weight excluding hydrogens is 385 g/mol. The van der Waals surface area contributed by atoms with Crippen LogP contribution in [-0.4, -0.2) is 16.8 Å². The molecule has 0 radical (unpaired) electrons. The summed E-state index contributed by atoms with van der Waals surface area (Å²) in [4.78, 5) is 29.1. The zero-order valence-electron chi connectivity index (χ0n) is 14.9. The molecule has 0 saturated heterocycles. The van der Waals surface area contributed by atoms with E-state index in [9.17, 15) is 9.59 Å². The maximum atomic E-state index is 12.6. The number of anilines is 2. The third-order valence-corrected chi connectivity index (χ3v) is 5.05. The third-order valence-electron chi connectivity index (χ3n) is 4.80. The molecule has 27 heavy (non-hydrogen) atoms. The third kappa shape index (κ3) is 4.49. The number of carbonyl (C=O) groups is 2. The first-order chi connectivity index (χ1) is 12.8. The van der Waals surface area contributed by atoms with Crippen molar-refractivity contribution in [2.45, 2.75) is 13.8 Å². The number of hydrogen-bond acceptors (Lipinski definition) is 3. The van der Waals surface area contributed by atoms with E-state index in [1.807, 2.05) is 13.8 Å². The van der Waals surface area contributed by atoms with Crippen LogP contribution < -0.4 is 10.6 Å². The molecule has 0 spiro atoms. The fraction of sp³-hybridized carbons (Fsp3) is 0.250. The minimum absolute atomic E-state index is 0.0156. The summed E-state index contributed by atoms with van der Waals surface area (Å²) in [6.07, 6.45) is 3.30. The highest BCUT2D eigenvalue weighted by Gasteiger charge is 2.60. The molecular formula is C20H19Cl2N3O2. The molecule has 2 N–H and O–H groups in total. The molecule has 2 aromatic rings. The zero-order chi connectivity index (χ0) is 19.6. The van der Waals surface area contributed by atoms with Crippen molar-refractivity contribution in [1.29, 1.82) is 0 Å². The molecule has 140 valence electrons. The normalized spacial score (nSPS) is 19.7. The Balaban J connectivity index is 1.68. The Bertz CT molecular complexity index is 893. The van der Waals surface area contributed by atoms with Crippen LogP contribution in [0.1, 0.15) is 24.2 Å². The topological polar surface area (TPSA) is 71.1 Å². The highest BCUT2D eigenvalue weighted by molar-refractivity contribution is 6.55. The molecule has 3 rings (SSSR count). The van der Waals surface area contributed by atoms with Crippen LogP contribution in [0.3, 0.4) is 0 Å². The first-order valence-electron chi connectivity index (χ1n) is 8.45. The van der Waals surface area contributed by atoms with E-state index in [0.29, 0.717) is 17.1 Å². The smallest absolute Gasteiger partial charge is 0.256 e. The van der Waals surface area contributed by atoms with Gasteiger partial charge in [-0.25, -0.2) is 4.98 Å². The first kappa shape index (κ1) is 19.4. The van der Waals surface area contributed by atoms with Crippen LogP contribution in [-0.2, 0) is 4.79 Å². The number of carbonyl (C=O) groups excluding carboxylic acids is 2. The summed E-state index contributed by atoms with van der Waals surface area (Å²) < 4.78 is 0.163. The molecule has 7 heteroatoms. The molecule has 1 saturated carbocycles. The van der Waals surface area contributed by atoms with E-state index in [-0.39, 0.29) is 33.6 Å². The van der Waals surface area contributed by atoms with Crippen molar-refractivity contribution in [2.75, 3.05) is 10.6 Å². The number of rotatable bonds is 5. The van der Waals surface area contributed by atoms with E-state index < -0.39 is 0 Å². The van der Waals surface area contributed by atoms with E-state index in [1.165, 1.54) is 0 Å². The van der Waals surface area contributed by atoms with Crippen molar-refractivity contribution < 1.29 is 9.59 Å². The molecule has 1 fully saturated rings. The lowest BCUT2D eigenvalue weighted by molar-refractivity contribution is -0.118. The highest BCUT2D eigenvalue weighted by atomic mass is 35.5. The Morgan fingerprint density at radius 1 is 1.11 bits per heavy atom. The van der Waals surface area contributed by atoms with Gasteiger partial charge >= 0.3 is 0 Å². The van der Waals surface area contributed by atoms with Gasteiger partial charge in [-0.2, -0.15) is 0 Å². The maximum Gasteiger partial charge on any atom is 0.256 e. The van der Waals surface area contributed by atoms with Crippen molar-refractivity contribution in [1.82, 2.24) is 4.98 Å². The van der Waals surface area contributed by atoms with Gasteiger partial charge in [0.25, 0.3) is 5.91 Å². The summed E-state index contributed by atoms with van der Waals surface area (Å²) in [5.74, 6) is -0.206.